The number of hydrogen-bond donors (Lipinski definition) is 3. The first kappa shape index (κ1) is 21.9. The molecule has 2 aromatic rings. The summed E-state index contributed by atoms with van der Waals surface area (Å²) in [4.78, 5) is 28.8. The van der Waals surface area contributed by atoms with E-state index in [2.05, 4.69) is 15.6 Å². The Balaban J connectivity index is 1.25. The number of carbonyl (C=O) groups is 2. The van der Waals surface area contributed by atoms with Crippen LogP contribution in [0.25, 0.3) is 0 Å². The van der Waals surface area contributed by atoms with Crippen molar-refractivity contribution in [1.82, 2.24) is 10.3 Å². The van der Waals surface area contributed by atoms with Crippen LogP contribution in [0.4, 0.5) is 5.69 Å². The Labute approximate surface area is 192 Å². The molecule has 1 aromatic heterocycles. The lowest BCUT2D eigenvalue weighted by Crippen LogP contribution is -2.47. The summed E-state index contributed by atoms with van der Waals surface area (Å²) < 4.78 is 12.1. The summed E-state index contributed by atoms with van der Waals surface area (Å²) in [5.41, 5.74) is 2.57. The smallest absolute Gasteiger partial charge is 0.228 e. The monoisotopic (exact) mass is 451 g/mol. The molecule has 2 fully saturated rings. The van der Waals surface area contributed by atoms with Crippen molar-refractivity contribution >= 4 is 17.5 Å². The Bertz CT molecular complexity index is 1010. The molecule has 0 spiro atoms. The van der Waals surface area contributed by atoms with Gasteiger partial charge in [-0.2, -0.15) is 0 Å². The van der Waals surface area contributed by atoms with E-state index in [-0.39, 0.29) is 49.4 Å². The van der Waals surface area contributed by atoms with Crippen LogP contribution < -0.4 is 15.4 Å². The van der Waals surface area contributed by atoms with Gasteiger partial charge in [-0.05, 0) is 61.1 Å². The first-order chi connectivity index (χ1) is 16.1. The van der Waals surface area contributed by atoms with Gasteiger partial charge in [0, 0.05) is 36.1 Å². The maximum Gasteiger partial charge on any atom is 0.228 e. The van der Waals surface area contributed by atoms with Crippen LogP contribution in [0.2, 0.25) is 0 Å². The second-order valence-corrected chi connectivity index (χ2v) is 9.19. The van der Waals surface area contributed by atoms with E-state index in [1.807, 2.05) is 30.3 Å². The number of fused-ring (bicyclic) bond motifs is 3. The third-order valence-electron chi connectivity index (χ3n) is 6.60. The second-order valence-electron chi connectivity index (χ2n) is 9.19. The average Bonchev–Trinajstić information content (AvgIpc) is 3.58. The maximum absolute atomic E-state index is 12.5. The van der Waals surface area contributed by atoms with Gasteiger partial charge >= 0.3 is 0 Å². The van der Waals surface area contributed by atoms with Gasteiger partial charge in [-0.1, -0.05) is 0 Å². The molecule has 8 nitrogen and oxygen atoms in total. The summed E-state index contributed by atoms with van der Waals surface area (Å²) >= 11 is 0. The number of amides is 2. The number of benzene rings is 1. The van der Waals surface area contributed by atoms with Crippen LogP contribution in [0.5, 0.6) is 5.75 Å². The number of aromatic nitrogens is 1. The Morgan fingerprint density at radius 2 is 1.94 bits per heavy atom. The molecule has 3 aliphatic rings. The number of anilines is 1. The van der Waals surface area contributed by atoms with Crippen molar-refractivity contribution < 1.29 is 24.2 Å². The van der Waals surface area contributed by atoms with Gasteiger partial charge in [0.2, 0.25) is 11.8 Å². The molecule has 174 valence electrons. The molecular formula is C25H29N3O5. The first-order valence-corrected chi connectivity index (χ1v) is 11.6. The normalized spacial score (nSPS) is 25.5. The van der Waals surface area contributed by atoms with Crippen LogP contribution in [0, 0.1) is 5.92 Å². The SMILES string of the molecule is O=C(C[C@H]1C[C@@H]2c3cc(NC(=O)Cc4ccncc4)ccc3O[C@@H]2[C@H](CO)O1)NCC1CC1. The Morgan fingerprint density at radius 3 is 2.70 bits per heavy atom. The number of hydrogen-bond acceptors (Lipinski definition) is 6. The molecule has 0 unspecified atom stereocenters. The van der Waals surface area contributed by atoms with Gasteiger partial charge in [0.05, 0.1) is 25.6 Å². The summed E-state index contributed by atoms with van der Waals surface area (Å²) in [6, 6.07) is 9.24. The molecule has 1 saturated heterocycles. The van der Waals surface area contributed by atoms with Crippen molar-refractivity contribution in [3.8, 4) is 5.75 Å². The fraction of sp³-hybridized carbons (Fsp3) is 0.480. The number of pyridine rings is 1. The van der Waals surface area contributed by atoms with Gasteiger partial charge in [-0.25, -0.2) is 0 Å². The zero-order valence-corrected chi connectivity index (χ0v) is 18.4. The third-order valence-corrected chi connectivity index (χ3v) is 6.60. The summed E-state index contributed by atoms with van der Waals surface area (Å²) in [7, 11) is 0. The number of nitrogens with one attached hydrogen (secondary N) is 2. The van der Waals surface area contributed by atoms with Gasteiger partial charge in [-0.3, -0.25) is 14.6 Å². The van der Waals surface area contributed by atoms with E-state index in [0.29, 0.717) is 18.0 Å². The van der Waals surface area contributed by atoms with E-state index in [4.69, 9.17) is 9.47 Å². The van der Waals surface area contributed by atoms with E-state index in [0.717, 1.165) is 23.4 Å². The highest BCUT2D eigenvalue weighted by Gasteiger charge is 2.46. The minimum Gasteiger partial charge on any atom is -0.487 e. The topological polar surface area (TPSA) is 110 Å². The summed E-state index contributed by atoms with van der Waals surface area (Å²) in [5, 5.41) is 15.8. The van der Waals surface area contributed by atoms with E-state index >= 15 is 0 Å². The van der Waals surface area contributed by atoms with Crippen molar-refractivity contribution in [3.05, 3.63) is 53.9 Å². The summed E-state index contributed by atoms with van der Waals surface area (Å²) in [5.74, 6) is 1.22. The number of nitrogens with zero attached hydrogens (tertiary/aromatic N) is 1. The van der Waals surface area contributed by atoms with Crippen LogP contribution in [-0.4, -0.2) is 53.4 Å². The van der Waals surface area contributed by atoms with E-state index in [1.165, 1.54) is 12.8 Å². The highest BCUT2D eigenvalue weighted by atomic mass is 16.6. The molecule has 1 aromatic carbocycles. The fourth-order valence-electron chi connectivity index (χ4n) is 4.72. The number of aliphatic hydroxyl groups is 1. The van der Waals surface area contributed by atoms with Gasteiger partial charge in [0.15, 0.2) is 0 Å². The zero-order valence-electron chi connectivity index (χ0n) is 18.4. The highest BCUT2D eigenvalue weighted by molar-refractivity contribution is 5.92. The number of carbonyl (C=O) groups excluding carboxylic acids is 2. The molecule has 0 bridgehead atoms. The van der Waals surface area contributed by atoms with E-state index < -0.39 is 6.10 Å². The van der Waals surface area contributed by atoms with Crippen LogP contribution in [-0.2, 0) is 20.7 Å². The van der Waals surface area contributed by atoms with Crippen molar-refractivity contribution in [2.75, 3.05) is 18.5 Å². The molecule has 1 aliphatic carbocycles. The summed E-state index contributed by atoms with van der Waals surface area (Å²) in [6.07, 6.45) is 5.77. The average molecular weight is 452 g/mol. The van der Waals surface area contributed by atoms with Crippen LogP contribution in [0.15, 0.2) is 42.7 Å². The number of rotatable bonds is 8. The van der Waals surface area contributed by atoms with Gasteiger partial charge in [0.25, 0.3) is 0 Å². The lowest BCUT2D eigenvalue weighted by molar-refractivity contribution is -0.142. The molecule has 33 heavy (non-hydrogen) atoms. The van der Waals surface area contributed by atoms with E-state index in [9.17, 15) is 14.7 Å². The van der Waals surface area contributed by atoms with E-state index in [1.54, 1.807) is 12.4 Å². The van der Waals surface area contributed by atoms with Crippen LogP contribution in [0.1, 0.15) is 42.7 Å². The third kappa shape index (κ3) is 5.17. The number of ether oxygens (including phenoxy) is 2. The largest absolute Gasteiger partial charge is 0.487 e. The molecule has 4 atom stereocenters. The number of aliphatic hydroxyl groups excluding tert-OH is 1. The minimum absolute atomic E-state index is 0.0100. The predicted octanol–water partition coefficient (Wildman–Crippen LogP) is 2.17. The Morgan fingerprint density at radius 1 is 1.12 bits per heavy atom. The van der Waals surface area contributed by atoms with Gasteiger partial charge in [0.1, 0.15) is 18.0 Å². The van der Waals surface area contributed by atoms with Gasteiger partial charge in [-0.15, -0.1) is 0 Å². The predicted molar refractivity (Wildman–Crippen MR) is 121 cm³/mol. The van der Waals surface area contributed by atoms with Crippen LogP contribution in [0.3, 0.4) is 0 Å². The lowest BCUT2D eigenvalue weighted by atomic mass is 9.84. The molecule has 2 aliphatic heterocycles. The second kappa shape index (κ2) is 9.49. The first-order valence-electron chi connectivity index (χ1n) is 11.6. The molecule has 1 saturated carbocycles. The lowest BCUT2D eigenvalue weighted by Gasteiger charge is -2.37. The molecule has 8 heteroatoms. The molecule has 3 N–H and O–H groups in total. The van der Waals surface area contributed by atoms with Crippen molar-refractivity contribution in [2.24, 2.45) is 5.92 Å². The Kier molecular flexibility index (Phi) is 6.28. The molecule has 3 heterocycles. The molecule has 5 rings (SSSR count). The Hall–Kier alpha value is -2.97. The van der Waals surface area contributed by atoms with Gasteiger partial charge < -0.3 is 25.2 Å². The minimum atomic E-state index is -0.498. The fourth-order valence-corrected chi connectivity index (χ4v) is 4.72. The maximum atomic E-state index is 12.5. The molecular weight excluding hydrogens is 422 g/mol. The van der Waals surface area contributed by atoms with Crippen molar-refractivity contribution in [3.63, 3.8) is 0 Å². The van der Waals surface area contributed by atoms with Crippen LogP contribution >= 0.6 is 0 Å². The molecule has 2 amide bonds. The van der Waals surface area contributed by atoms with Crippen molar-refractivity contribution in [2.45, 2.75) is 56.3 Å². The quantitative estimate of drug-likeness (QED) is 0.568. The standard InChI is InChI=1S/C25H29N3O5/c29-14-22-25-20(11-18(32-22)12-23(30)27-13-16-1-2-16)19-10-17(3-4-21(19)33-25)28-24(31)9-15-5-7-26-8-6-15/h3-8,10,16,18,20,22,25,29H,1-2,9,11-14H2,(H,27,30)(H,28,31)/t18-,20-,22+,25+/m1/s1. The summed E-state index contributed by atoms with van der Waals surface area (Å²) in [6.45, 7) is 0.556. The van der Waals surface area contributed by atoms with Crippen molar-refractivity contribution in [1.29, 1.82) is 0 Å². The highest BCUT2D eigenvalue weighted by Crippen LogP contribution is 2.47. The zero-order chi connectivity index (χ0) is 22.8. The molecule has 0 radical (unpaired) electrons.